The number of piperidine rings is 2. The summed E-state index contributed by atoms with van der Waals surface area (Å²) in [6, 6.07) is 6.39. The summed E-state index contributed by atoms with van der Waals surface area (Å²) in [4.78, 5) is 16.7. The molecule has 30 heavy (non-hydrogen) atoms. The Morgan fingerprint density at radius 2 is 1.93 bits per heavy atom. The molecule has 2 aliphatic rings. The molecule has 0 bridgehead atoms. The molecule has 4 nitrogen and oxygen atoms in total. The van der Waals surface area contributed by atoms with Crippen LogP contribution in [0.3, 0.4) is 0 Å². The van der Waals surface area contributed by atoms with Crippen molar-refractivity contribution in [1.29, 1.82) is 0 Å². The molecular formula is C25H39BrN2O2. The SMILES string of the molecule is CCC(=O)N1CCCC(CCN2CCC(Cc3cc(OC(C)C)ccc3Br)CC2)C1. The molecule has 5 heteroatoms. The highest BCUT2D eigenvalue weighted by molar-refractivity contribution is 9.10. The molecule has 1 unspecified atom stereocenters. The third-order valence-corrected chi connectivity index (χ3v) is 7.41. The van der Waals surface area contributed by atoms with Crippen molar-refractivity contribution in [1.82, 2.24) is 9.80 Å². The van der Waals surface area contributed by atoms with Crippen LogP contribution < -0.4 is 4.74 Å². The third-order valence-electron chi connectivity index (χ3n) is 6.63. The smallest absolute Gasteiger partial charge is 0.222 e. The van der Waals surface area contributed by atoms with Gasteiger partial charge >= 0.3 is 0 Å². The van der Waals surface area contributed by atoms with Crippen molar-refractivity contribution in [2.24, 2.45) is 11.8 Å². The molecule has 2 aliphatic heterocycles. The molecule has 1 aromatic rings. The van der Waals surface area contributed by atoms with E-state index in [1.165, 1.54) is 61.8 Å². The number of likely N-dealkylation sites (tertiary alicyclic amines) is 2. The fourth-order valence-electron chi connectivity index (χ4n) is 4.89. The standard InChI is InChI=1S/C25H39BrN2O2/c1-4-25(29)28-12-5-6-21(18-28)11-15-27-13-9-20(10-14-27)16-22-17-23(30-19(2)3)7-8-24(22)26/h7-8,17,19-21H,4-6,9-16,18H2,1-3H3. The minimum Gasteiger partial charge on any atom is -0.491 e. The predicted molar refractivity (Wildman–Crippen MR) is 127 cm³/mol. The number of halogens is 1. The molecule has 0 spiro atoms. The van der Waals surface area contributed by atoms with Crippen LogP contribution in [0.25, 0.3) is 0 Å². The Morgan fingerprint density at radius 1 is 1.17 bits per heavy atom. The van der Waals surface area contributed by atoms with Crippen molar-refractivity contribution in [2.75, 3.05) is 32.7 Å². The number of rotatable bonds is 8. The lowest BCUT2D eigenvalue weighted by Gasteiger charge is -2.36. The number of ether oxygens (including phenoxy) is 1. The van der Waals surface area contributed by atoms with E-state index in [-0.39, 0.29) is 6.10 Å². The number of carbonyl (C=O) groups excluding carboxylic acids is 1. The molecule has 0 radical (unpaired) electrons. The number of hydrogen-bond acceptors (Lipinski definition) is 3. The predicted octanol–water partition coefficient (Wildman–Crippen LogP) is 5.53. The third kappa shape index (κ3) is 6.98. The zero-order valence-corrected chi connectivity index (χ0v) is 20.6. The maximum atomic E-state index is 12.0. The molecule has 2 fully saturated rings. The van der Waals surface area contributed by atoms with Crippen molar-refractivity contribution in [3.63, 3.8) is 0 Å². The highest BCUT2D eigenvalue weighted by Gasteiger charge is 2.25. The molecule has 2 heterocycles. The summed E-state index contributed by atoms with van der Waals surface area (Å²) in [5.41, 5.74) is 1.37. The first kappa shape index (κ1) is 23.6. The topological polar surface area (TPSA) is 32.8 Å². The van der Waals surface area contributed by atoms with Gasteiger partial charge in [-0.1, -0.05) is 22.9 Å². The second kappa shape index (κ2) is 11.5. The lowest BCUT2D eigenvalue weighted by molar-refractivity contribution is -0.132. The Hall–Kier alpha value is -1.07. The highest BCUT2D eigenvalue weighted by Crippen LogP contribution is 2.29. The summed E-state index contributed by atoms with van der Waals surface area (Å²) in [5.74, 6) is 2.74. The number of amides is 1. The lowest BCUT2D eigenvalue weighted by Crippen LogP contribution is -2.41. The number of benzene rings is 1. The van der Waals surface area contributed by atoms with Crippen molar-refractivity contribution in [2.45, 2.75) is 71.8 Å². The Balaban J connectivity index is 1.41. The molecule has 0 saturated carbocycles. The zero-order chi connectivity index (χ0) is 21.5. The van der Waals surface area contributed by atoms with Crippen LogP contribution in [0.5, 0.6) is 5.75 Å². The van der Waals surface area contributed by atoms with Gasteiger partial charge in [-0.05, 0) is 108 Å². The van der Waals surface area contributed by atoms with Crippen LogP contribution in [0.2, 0.25) is 0 Å². The monoisotopic (exact) mass is 478 g/mol. The average molecular weight is 480 g/mol. The van der Waals surface area contributed by atoms with E-state index in [0.29, 0.717) is 18.2 Å². The normalized spacial score (nSPS) is 21.2. The van der Waals surface area contributed by atoms with Gasteiger partial charge in [0.05, 0.1) is 6.10 Å². The second-order valence-corrected chi connectivity index (χ2v) is 10.3. The van der Waals surface area contributed by atoms with Crippen LogP contribution in [0.4, 0.5) is 0 Å². The minimum absolute atomic E-state index is 0.207. The molecule has 1 atom stereocenters. The number of carbonyl (C=O) groups is 1. The Labute approximate surface area is 191 Å². The van der Waals surface area contributed by atoms with Gasteiger partial charge in [-0.2, -0.15) is 0 Å². The highest BCUT2D eigenvalue weighted by atomic mass is 79.9. The van der Waals surface area contributed by atoms with Crippen LogP contribution >= 0.6 is 15.9 Å². The molecule has 1 amide bonds. The fraction of sp³-hybridized carbons (Fsp3) is 0.720. The molecule has 0 aromatic heterocycles. The average Bonchev–Trinajstić information content (AvgIpc) is 2.75. The zero-order valence-electron chi connectivity index (χ0n) is 19.0. The first-order valence-electron chi connectivity index (χ1n) is 11.9. The lowest BCUT2D eigenvalue weighted by atomic mass is 9.89. The Bertz CT molecular complexity index is 686. The summed E-state index contributed by atoms with van der Waals surface area (Å²) >= 11 is 3.73. The van der Waals surface area contributed by atoms with E-state index in [4.69, 9.17) is 4.74 Å². The van der Waals surface area contributed by atoms with Gasteiger partial charge in [0, 0.05) is 24.0 Å². The fourth-order valence-corrected chi connectivity index (χ4v) is 5.30. The van der Waals surface area contributed by atoms with Crippen molar-refractivity contribution < 1.29 is 9.53 Å². The van der Waals surface area contributed by atoms with E-state index in [2.05, 4.69) is 57.8 Å². The van der Waals surface area contributed by atoms with Crippen LogP contribution in [0.15, 0.2) is 22.7 Å². The Morgan fingerprint density at radius 3 is 2.63 bits per heavy atom. The first-order chi connectivity index (χ1) is 14.4. The first-order valence-corrected chi connectivity index (χ1v) is 12.7. The summed E-state index contributed by atoms with van der Waals surface area (Å²) in [6.45, 7) is 11.7. The van der Waals surface area contributed by atoms with Gasteiger partial charge in [0.15, 0.2) is 0 Å². The van der Waals surface area contributed by atoms with Crippen molar-refractivity contribution in [3.05, 3.63) is 28.2 Å². The van der Waals surface area contributed by atoms with Gasteiger partial charge in [0.2, 0.25) is 5.91 Å². The van der Waals surface area contributed by atoms with E-state index in [1.54, 1.807) is 0 Å². The minimum atomic E-state index is 0.207. The summed E-state index contributed by atoms with van der Waals surface area (Å²) in [5, 5.41) is 0. The van der Waals surface area contributed by atoms with Gasteiger partial charge in [0.1, 0.15) is 5.75 Å². The molecule has 168 valence electrons. The largest absolute Gasteiger partial charge is 0.491 e. The van der Waals surface area contributed by atoms with Crippen LogP contribution in [0.1, 0.15) is 64.9 Å². The molecule has 2 saturated heterocycles. The number of nitrogens with zero attached hydrogens (tertiary/aromatic N) is 2. The summed E-state index contributed by atoms with van der Waals surface area (Å²) in [7, 11) is 0. The summed E-state index contributed by atoms with van der Waals surface area (Å²) in [6.07, 6.45) is 8.21. The molecule has 3 rings (SSSR count). The van der Waals surface area contributed by atoms with Gasteiger partial charge in [-0.3, -0.25) is 4.79 Å². The van der Waals surface area contributed by atoms with Crippen LogP contribution in [0, 0.1) is 11.8 Å². The molecule has 0 N–H and O–H groups in total. The van der Waals surface area contributed by atoms with Crippen LogP contribution in [-0.2, 0) is 11.2 Å². The van der Waals surface area contributed by atoms with E-state index < -0.39 is 0 Å². The van der Waals surface area contributed by atoms with Gasteiger partial charge < -0.3 is 14.5 Å². The Kier molecular flexibility index (Phi) is 9.06. The van der Waals surface area contributed by atoms with Crippen molar-refractivity contribution in [3.8, 4) is 5.75 Å². The van der Waals surface area contributed by atoms with E-state index in [9.17, 15) is 4.79 Å². The second-order valence-electron chi connectivity index (χ2n) is 9.40. The quantitative estimate of drug-likeness (QED) is 0.492. The number of hydrogen-bond donors (Lipinski definition) is 0. The molecular weight excluding hydrogens is 440 g/mol. The molecule has 1 aromatic carbocycles. The van der Waals surface area contributed by atoms with E-state index in [0.717, 1.165) is 31.2 Å². The van der Waals surface area contributed by atoms with Gasteiger partial charge in [0.25, 0.3) is 0 Å². The van der Waals surface area contributed by atoms with Crippen LogP contribution in [-0.4, -0.2) is 54.5 Å². The summed E-state index contributed by atoms with van der Waals surface area (Å²) < 4.78 is 7.08. The van der Waals surface area contributed by atoms with Gasteiger partial charge in [-0.15, -0.1) is 0 Å². The van der Waals surface area contributed by atoms with E-state index >= 15 is 0 Å². The van der Waals surface area contributed by atoms with Crippen molar-refractivity contribution >= 4 is 21.8 Å². The molecule has 0 aliphatic carbocycles. The maximum Gasteiger partial charge on any atom is 0.222 e. The van der Waals surface area contributed by atoms with E-state index in [1.807, 2.05) is 6.92 Å². The maximum absolute atomic E-state index is 12.0. The van der Waals surface area contributed by atoms with Gasteiger partial charge in [-0.25, -0.2) is 0 Å².